The van der Waals surface area contributed by atoms with Crippen LogP contribution in [0.3, 0.4) is 0 Å². The Labute approximate surface area is 171 Å². The fourth-order valence-corrected chi connectivity index (χ4v) is 4.10. The third kappa shape index (κ3) is 4.66. The van der Waals surface area contributed by atoms with Crippen LogP contribution in [0.4, 0.5) is 4.39 Å². The Hall–Kier alpha value is -2.69. The lowest BCUT2D eigenvalue weighted by Crippen LogP contribution is -2.47. The predicted molar refractivity (Wildman–Crippen MR) is 110 cm³/mol. The third-order valence-corrected chi connectivity index (χ3v) is 5.99. The fourth-order valence-electron chi connectivity index (χ4n) is 4.10. The van der Waals surface area contributed by atoms with Crippen LogP contribution in [0.2, 0.25) is 0 Å². The number of carbonyl (C=O) groups excluding carboxylic acids is 2. The number of halogens is 1. The van der Waals surface area contributed by atoms with Crippen LogP contribution in [-0.2, 0) is 4.79 Å². The molecule has 0 unspecified atom stereocenters. The molecule has 2 aromatic rings. The minimum Gasteiger partial charge on any atom is -0.356 e. The molecule has 1 heterocycles. The van der Waals surface area contributed by atoms with E-state index >= 15 is 0 Å². The van der Waals surface area contributed by atoms with Crippen LogP contribution in [-0.4, -0.2) is 29.8 Å². The molecule has 1 saturated heterocycles. The number of amides is 2. The van der Waals surface area contributed by atoms with E-state index in [1.54, 1.807) is 4.90 Å². The largest absolute Gasteiger partial charge is 0.356 e. The second-order valence-corrected chi connectivity index (χ2v) is 8.36. The van der Waals surface area contributed by atoms with Crippen LogP contribution >= 0.6 is 0 Å². The van der Waals surface area contributed by atoms with Crippen molar-refractivity contribution in [2.24, 2.45) is 11.8 Å². The van der Waals surface area contributed by atoms with Gasteiger partial charge in [0, 0.05) is 18.7 Å². The van der Waals surface area contributed by atoms with Gasteiger partial charge in [-0.05, 0) is 68.4 Å². The summed E-state index contributed by atoms with van der Waals surface area (Å²) >= 11 is 0. The first kappa shape index (κ1) is 19.6. The summed E-state index contributed by atoms with van der Waals surface area (Å²) in [4.78, 5) is 27.8. The first-order valence-electron chi connectivity index (χ1n) is 10.4. The zero-order valence-corrected chi connectivity index (χ0v) is 16.7. The Morgan fingerprint density at radius 1 is 1.07 bits per heavy atom. The minimum absolute atomic E-state index is 0.0384. The van der Waals surface area contributed by atoms with E-state index in [1.165, 1.54) is 37.1 Å². The van der Waals surface area contributed by atoms with E-state index in [4.69, 9.17) is 0 Å². The molecule has 4 rings (SSSR count). The lowest BCUT2D eigenvalue weighted by molar-refractivity contribution is -0.126. The van der Waals surface area contributed by atoms with Crippen molar-refractivity contribution in [2.75, 3.05) is 13.1 Å². The highest BCUT2D eigenvalue weighted by Crippen LogP contribution is 2.35. The quantitative estimate of drug-likeness (QED) is 0.824. The molecule has 5 heteroatoms. The lowest BCUT2D eigenvalue weighted by atomic mass is 9.87. The normalized spacial score (nSPS) is 21.7. The number of nitrogens with zero attached hydrogens (tertiary/aromatic N) is 1. The van der Waals surface area contributed by atoms with Crippen molar-refractivity contribution in [2.45, 2.75) is 38.6 Å². The molecule has 152 valence electrons. The van der Waals surface area contributed by atoms with Gasteiger partial charge in [0.1, 0.15) is 5.82 Å². The average molecular weight is 394 g/mol. The van der Waals surface area contributed by atoms with Crippen LogP contribution < -0.4 is 5.32 Å². The van der Waals surface area contributed by atoms with Gasteiger partial charge < -0.3 is 10.2 Å². The van der Waals surface area contributed by atoms with Crippen molar-refractivity contribution in [1.82, 2.24) is 10.2 Å². The predicted octanol–water partition coefficient (Wildman–Crippen LogP) is 4.25. The van der Waals surface area contributed by atoms with Gasteiger partial charge in [-0.3, -0.25) is 9.59 Å². The topological polar surface area (TPSA) is 49.4 Å². The molecule has 2 atom stereocenters. The average Bonchev–Trinajstić information content (AvgIpc) is 3.56. The van der Waals surface area contributed by atoms with Gasteiger partial charge in [-0.1, -0.05) is 29.8 Å². The molecule has 2 fully saturated rings. The molecule has 1 N–H and O–H groups in total. The molecule has 29 heavy (non-hydrogen) atoms. The van der Waals surface area contributed by atoms with Crippen molar-refractivity contribution in [3.63, 3.8) is 0 Å². The molecule has 2 aromatic carbocycles. The maximum Gasteiger partial charge on any atom is 0.254 e. The van der Waals surface area contributed by atoms with Gasteiger partial charge in [-0.2, -0.15) is 0 Å². The Morgan fingerprint density at radius 3 is 2.52 bits per heavy atom. The van der Waals surface area contributed by atoms with Crippen molar-refractivity contribution >= 4 is 11.8 Å². The summed E-state index contributed by atoms with van der Waals surface area (Å²) in [5.74, 6) is -0.0702. The minimum atomic E-state index is -0.368. The second-order valence-electron chi connectivity index (χ2n) is 8.36. The molecule has 0 spiro atoms. The smallest absolute Gasteiger partial charge is 0.254 e. The van der Waals surface area contributed by atoms with Crippen LogP contribution in [0.25, 0.3) is 0 Å². The van der Waals surface area contributed by atoms with Crippen LogP contribution in [0.15, 0.2) is 48.5 Å². The number of hydrogen-bond acceptors (Lipinski definition) is 2. The maximum atomic E-state index is 13.3. The molecule has 2 amide bonds. The molecule has 1 aliphatic carbocycles. The number of piperidine rings is 1. The molecule has 2 aliphatic rings. The summed E-state index contributed by atoms with van der Waals surface area (Å²) in [5.41, 5.74) is 2.67. The maximum absolute atomic E-state index is 13.3. The number of nitrogens with one attached hydrogen (secondary N) is 1. The second kappa shape index (κ2) is 8.36. The van der Waals surface area contributed by atoms with E-state index in [9.17, 15) is 14.0 Å². The molecule has 0 aromatic heterocycles. The SMILES string of the molecule is Cc1cccc([C@@H]2CC[C@H](C(=O)NCC3CC3)CN2C(=O)c2ccc(F)cc2)c1. The highest BCUT2D eigenvalue weighted by atomic mass is 19.1. The summed E-state index contributed by atoms with van der Waals surface area (Å²) in [7, 11) is 0. The molecule has 1 aliphatic heterocycles. The van der Waals surface area contributed by atoms with Gasteiger partial charge >= 0.3 is 0 Å². The van der Waals surface area contributed by atoms with Gasteiger partial charge in [0.2, 0.25) is 5.91 Å². The van der Waals surface area contributed by atoms with E-state index in [2.05, 4.69) is 11.4 Å². The first-order chi connectivity index (χ1) is 14.0. The molecule has 4 nitrogen and oxygen atoms in total. The molecule has 1 saturated carbocycles. The Kier molecular flexibility index (Phi) is 5.65. The molecular formula is C24H27FN2O2. The van der Waals surface area contributed by atoms with Gasteiger partial charge in [0.05, 0.1) is 12.0 Å². The van der Waals surface area contributed by atoms with Crippen molar-refractivity contribution in [1.29, 1.82) is 0 Å². The zero-order chi connectivity index (χ0) is 20.4. The number of rotatable bonds is 5. The Balaban J connectivity index is 1.56. The summed E-state index contributed by atoms with van der Waals surface area (Å²) in [6.45, 7) is 3.15. The van der Waals surface area contributed by atoms with Crippen molar-refractivity contribution in [3.8, 4) is 0 Å². The summed E-state index contributed by atoms with van der Waals surface area (Å²) in [6, 6.07) is 13.7. The van der Waals surface area contributed by atoms with E-state index < -0.39 is 0 Å². The van der Waals surface area contributed by atoms with Crippen molar-refractivity contribution in [3.05, 3.63) is 71.0 Å². The summed E-state index contributed by atoms with van der Waals surface area (Å²) < 4.78 is 13.3. The number of hydrogen-bond donors (Lipinski definition) is 1. The number of benzene rings is 2. The van der Waals surface area contributed by atoms with Gasteiger partial charge in [0.25, 0.3) is 5.91 Å². The van der Waals surface area contributed by atoms with E-state index in [0.29, 0.717) is 18.0 Å². The third-order valence-electron chi connectivity index (χ3n) is 5.99. The van der Waals surface area contributed by atoms with E-state index in [1.807, 2.05) is 25.1 Å². The van der Waals surface area contributed by atoms with Gasteiger partial charge in [0.15, 0.2) is 0 Å². The van der Waals surface area contributed by atoms with E-state index in [-0.39, 0.29) is 29.6 Å². The summed E-state index contributed by atoms with van der Waals surface area (Å²) in [6.07, 6.45) is 3.87. The first-order valence-corrected chi connectivity index (χ1v) is 10.4. The number of likely N-dealkylation sites (tertiary alicyclic amines) is 1. The fraction of sp³-hybridized carbons (Fsp3) is 0.417. The lowest BCUT2D eigenvalue weighted by Gasteiger charge is -2.39. The van der Waals surface area contributed by atoms with Crippen LogP contribution in [0.1, 0.15) is 53.2 Å². The monoisotopic (exact) mass is 394 g/mol. The van der Waals surface area contributed by atoms with Crippen LogP contribution in [0, 0.1) is 24.6 Å². The Bertz CT molecular complexity index is 892. The molecular weight excluding hydrogens is 367 g/mol. The van der Waals surface area contributed by atoms with Crippen molar-refractivity contribution < 1.29 is 14.0 Å². The number of aryl methyl sites for hydroxylation is 1. The molecule has 0 bridgehead atoms. The Morgan fingerprint density at radius 2 is 1.83 bits per heavy atom. The van der Waals surface area contributed by atoms with Gasteiger partial charge in [-0.25, -0.2) is 4.39 Å². The standard InChI is InChI=1S/C24H27FN2O2/c1-16-3-2-4-19(13-16)22-12-9-20(23(28)26-14-17-5-6-17)15-27(22)24(29)18-7-10-21(25)11-8-18/h2-4,7-8,10-11,13,17,20,22H,5-6,9,12,14-15H2,1H3,(H,26,28)/t20-,22-/m0/s1. The zero-order valence-electron chi connectivity index (χ0n) is 16.7. The highest BCUT2D eigenvalue weighted by molar-refractivity contribution is 5.95. The van der Waals surface area contributed by atoms with Gasteiger partial charge in [-0.15, -0.1) is 0 Å². The highest BCUT2D eigenvalue weighted by Gasteiger charge is 2.36. The number of carbonyl (C=O) groups is 2. The van der Waals surface area contributed by atoms with E-state index in [0.717, 1.165) is 30.5 Å². The summed E-state index contributed by atoms with van der Waals surface area (Å²) in [5, 5.41) is 3.06. The van der Waals surface area contributed by atoms with Crippen LogP contribution in [0.5, 0.6) is 0 Å². The molecule has 0 radical (unpaired) electrons.